The topological polar surface area (TPSA) is 34.2 Å². The van der Waals surface area contributed by atoms with Crippen LogP contribution in [0.2, 0.25) is 0 Å². The lowest BCUT2D eigenvalue weighted by Crippen LogP contribution is -2.21. The van der Waals surface area contributed by atoms with Gasteiger partial charge < -0.3 is 10.1 Å². The lowest BCUT2D eigenvalue weighted by Gasteiger charge is -2.22. The van der Waals surface area contributed by atoms with Gasteiger partial charge in [-0.1, -0.05) is 33.1 Å². The van der Waals surface area contributed by atoms with Crippen molar-refractivity contribution in [2.45, 2.75) is 52.5 Å². The zero-order valence-corrected chi connectivity index (χ0v) is 13.2. The van der Waals surface area contributed by atoms with Gasteiger partial charge in [-0.25, -0.2) is 9.37 Å². The van der Waals surface area contributed by atoms with Crippen molar-refractivity contribution in [3.63, 3.8) is 0 Å². The van der Waals surface area contributed by atoms with Crippen molar-refractivity contribution in [3.8, 4) is 5.88 Å². The van der Waals surface area contributed by atoms with Crippen molar-refractivity contribution in [3.05, 3.63) is 23.6 Å². The van der Waals surface area contributed by atoms with Crippen molar-refractivity contribution in [2.75, 3.05) is 13.2 Å². The first kappa shape index (κ1) is 16.2. The summed E-state index contributed by atoms with van der Waals surface area (Å²) in [4.78, 5) is 4.12. The number of hydrogen-bond donors (Lipinski definition) is 1. The van der Waals surface area contributed by atoms with Gasteiger partial charge in [0, 0.05) is 12.1 Å². The highest BCUT2D eigenvalue weighted by Crippen LogP contribution is 2.25. The van der Waals surface area contributed by atoms with E-state index in [9.17, 15) is 4.39 Å². The summed E-state index contributed by atoms with van der Waals surface area (Å²) in [5.41, 5.74) is 0.812. The highest BCUT2D eigenvalue weighted by atomic mass is 19.1. The van der Waals surface area contributed by atoms with E-state index in [1.165, 1.54) is 44.4 Å². The maximum atomic E-state index is 13.4. The van der Waals surface area contributed by atoms with Gasteiger partial charge in [-0.15, -0.1) is 0 Å². The first-order chi connectivity index (χ1) is 10.1. The molecule has 118 valence electrons. The van der Waals surface area contributed by atoms with E-state index in [1.807, 2.05) is 0 Å². The molecule has 4 heteroatoms. The molecule has 0 unspecified atom stereocenters. The van der Waals surface area contributed by atoms with Gasteiger partial charge in [0.25, 0.3) is 0 Å². The Morgan fingerprint density at radius 1 is 1.33 bits per heavy atom. The van der Waals surface area contributed by atoms with Gasteiger partial charge in [-0.05, 0) is 37.3 Å². The normalized spacial score (nSPS) is 16.4. The van der Waals surface area contributed by atoms with Crippen LogP contribution in [0.4, 0.5) is 4.39 Å². The molecule has 21 heavy (non-hydrogen) atoms. The fourth-order valence-corrected chi connectivity index (χ4v) is 2.77. The van der Waals surface area contributed by atoms with Gasteiger partial charge in [-0.2, -0.15) is 0 Å². The molecule has 1 aromatic rings. The van der Waals surface area contributed by atoms with Crippen molar-refractivity contribution in [1.82, 2.24) is 10.3 Å². The number of pyridine rings is 1. The van der Waals surface area contributed by atoms with Crippen LogP contribution in [0.1, 0.15) is 51.5 Å². The average Bonchev–Trinajstić information content (AvgIpc) is 2.47. The lowest BCUT2D eigenvalue weighted by molar-refractivity contribution is 0.200. The first-order valence-electron chi connectivity index (χ1n) is 8.13. The first-order valence-corrected chi connectivity index (χ1v) is 8.13. The predicted octanol–water partition coefficient (Wildman–Crippen LogP) is 3.93. The Kier molecular flexibility index (Phi) is 6.43. The van der Waals surface area contributed by atoms with Gasteiger partial charge in [0.1, 0.15) is 5.82 Å². The molecule has 1 heterocycles. The molecular formula is C17H27FN2O. The Bertz CT molecular complexity index is 431. The van der Waals surface area contributed by atoms with E-state index < -0.39 is 0 Å². The minimum Gasteiger partial charge on any atom is -0.477 e. The molecule has 1 N–H and O–H groups in total. The summed E-state index contributed by atoms with van der Waals surface area (Å²) < 4.78 is 19.3. The number of nitrogens with one attached hydrogen (secondary N) is 1. The summed E-state index contributed by atoms with van der Waals surface area (Å²) in [7, 11) is 0. The summed E-state index contributed by atoms with van der Waals surface area (Å²) >= 11 is 0. The Morgan fingerprint density at radius 2 is 2.10 bits per heavy atom. The van der Waals surface area contributed by atoms with Crippen LogP contribution < -0.4 is 10.1 Å². The molecule has 1 saturated carbocycles. The van der Waals surface area contributed by atoms with Gasteiger partial charge in [0.2, 0.25) is 5.88 Å². The van der Waals surface area contributed by atoms with Crippen LogP contribution in [0.3, 0.4) is 0 Å². The SMILES string of the molecule is CC(C)CNCc1cc(F)cnc1OCC1CCCCC1. The summed E-state index contributed by atoms with van der Waals surface area (Å²) in [5, 5.41) is 3.32. The maximum absolute atomic E-state index is 13.4. The molecule has 1 aliphatic carbocycles. The molecule has 0 radical (unpaired) electrons. The predicted molar refractivity (Wildman–Crippen MR) is 82.8 cm³/mol. The van der Waals surface area contributed by atoms with Crippen LogP contribution in [0.15, 0.2) is 12.3 Å². The second-order valence-corrected chi connectivity index (χ2v) is 6.46. The van der Waals surface area contributed by atoms with Crippen molar-refractivity contribution >= 4 is 0 Å². The van der Waals surface area contributed by atoms with Crippen LogP contribution in [0.25, 0.3) is 0 Å². The molecule has 0 aliphatic heterocycles. The van der Waals surface area contributed by atoms with Crippen LogP contribution in [-0.2, 0) is 6.54 Å². The summed E-state index contributed by atoms with van der Waals surface area (Å²) in [6.07, 6.45) is 7.66. The molecule has 0 bridgehead atoms. The van der Waals surface area contributed by atoms with Crippen molar-refractivity contribution in [2.24, 2.45) is 11.8 Å². The third-order valence-electron chi connectivity index (χ3n) is 3.94. The zero-order chi connectivity index (χ0) is 15.1. The van der Waals surface area contributed by atoms with Crippen LogP contribution in [-0.4, -0.2) is 18.1 Å². The Morgan fingerprint density at radius 3 is 2.81 bits per heavy atom. The van der Waals surface area contributed by atoms with E-state index in [1.54, 1.807) is 0 Å². The molecule has 0 atom stereocenters. The highest BCUT2D eigenvalue weighted by Gasteiger charge is 2.15. The van der Waals surface area contributed by atoms with Crippen LogP contribution in [0.5, 0.6) is 5.88 Å². The fourth-order valence-electron chi connectivity index (χ4n) is 2.77. The molecule has 0 aromatic carbocycles. The van der Waals surface area contributed by atoms with E-state index in [2.05, 4.69) is 24.1 Å². The second-order valence-electron chi connectivity index (χ2n) is 6.46. The number of hydrogen-bond acceptors (Lipinski definition) is 3. The number of nitrogens with zero attached hydrogens (tertiary/aromatic N) is 1. The molecule has 3 nitrogen and oxygen atoms in total. The minimum absolute atomic E-state index is 0.304. The Hall–Kier alpha value is -1.16. The fraction of sp³-hybridized carbons (Fsp3) is 0.706. The summed E-state index contributed by atoms with van der Waals surface area (Å²) in [6.45, 7) is 6.51. The maximum Gasteiger partial charge on any atom is 0.218 e. The van der Waals surface area contributed by atoms with E-state index in [0.717, 1.165) is 12.1 Å². The third-order valence-corrected chi connectivity index (χ3v) is 3.94. The standard InChI is InChI=1S/C17H27FN2O/c1-13(2)9-19-10-15-8-16(18)11-20-17(15)21-12-14-6-4-3-5-7-14/h8,11,13-14,19H,3-7,9-10,12H2,1-2H3. The molecule has 0 amide bonds. The van der Waals surface area contributed by atoms with Crippen LogP contribution >= 0.6 is 0 Å². The monoisotopic (exact) mass is 294 g/mol. The third kappa shape index (κ3) is 5.62. The molecule has 1 aromatic heterocycles. The number of halogens is 1. The van der Waals surface area contributed by atoms with Gasteiger partial charge in [0.15, 0.2) is 0 Å². The van der Waals surface area contributed by atoms with Gasteiger partial charge in [-0.3, -0.25) is 0 Å². The Balaban J connectivity index is 1.90. The second kappa shape index (κ2) is 8.32. The molecule has 1 fully saturated rings. The highest BCUT2D eigenvalue weighted by molar-refractivity contribution is 5.26. The van der Waals surface area contributed by atoms with E-state index in [4.69, 9.17) is 4.74 Å². The minimum atomic E-state index is -0.304. The largest absolute Gasteiger partial charge is 0.477 e. The molecule has 1 aliphatic rings. The quantitative estimate of drug-likeness (QED) is 0.827. The van der Waals surface area contributed by atoms with E-state index in [-0.39, 0.29) is 5.82 Å². The number of ether oxygens (including phenoxy) is 1. The van der Waals surface area contributed by atoms with E-state index >= 15 is 0 Å². The zero-order valence-electron chi connectivity index (χ0n) is 13.2. The molecular weight excluding hydrogens is 267 g/mol. The van der Waals surface area contributed by atoms with Gasteiger partial charge in [0.05, 0.1) is 12.8 Å². The van der Waals surface area contributed by atoms with E-state index in [0.29, 0.717) is 30.9 Å². The van der Waals surface area contributed by atoms with Gasteiger partial charge >= 0.3 is 0 Å². The molecule has 0 saturated heterocycles. The van der Waals surface area contributed by atoms with Crippen molar-refractivity contribution < 1.29 is 9.13 Å². The average molecular weight is 294 g/mol. The number of aromatic nitrogens is 1. The van der Waals surface area contributed by atoms with Crippen LogP contribution in [0, 0.1) is 17.7 Å². The van der Waals surface area contributed by atoms with Crippen molar-refractivity contribution in [1.29, 1.82) is 0 Å². The Labute approximate surface area is 127 Å². The number of rotatable bonds is 7. The lowest BCUT2D eigenvalue weighted by atomic mass is 9.90. The smallest absolute Gasteiger partial charge is 0.218 e. The molecule has 2 rings (SSSR count). The summed E-state index contributed by atoms with van der Waals surface area (Å²) in [6, 6.07) is 1.52. The molecule has 0 spiro atoms. The summed E-state index contributed by atoms with van der Waals surface area (Å²) in [5.74, 6) is 1.47.